The molecule has 0 aliphatic heterocycles. The molecule has 4 nitrogen and oxygen atoms in total. The molecule has 0 spiro atoms. The first-order valence-corrected chi connectivity index (χ1v) is 3.52. The van der Waals surface area contributed by atoms with E-state index >= 15 is 0 Å². The fourth-order valence-corrected chi connectivity index (χ4v) is 1.01. The van der Waals surface area contributed by atoms with Gasteiger partial charge in [-0.25, -0.2) is 0 Å². The second-order valence-corrected chi connectivity index (χ2v) is 2.40. The highest BCUT2D eigenvalue weighted by Crippen LogP contribution is 2.21. The van der Waals surface area contributed by atoms with Crippen LogP contribution >= 0.6 is 0 Å². The minimum absolute atomic E-state index is 0. The largest absolute Gasteiger partial charge is 1.00 e. The van der Waals surface area contributed by atoms with Crippen LogP contribution in [0.2, 0.25) is 0 Å². The number of hydrogen-bond donors (Lipinski definition) is 1. The predicted molar refractivity (Wildman–Crippen MR) is 46.4 cm³/mol. The van der Waals surface area contributed by atoms with Crippen molar-refractivity contribution in [2.75, 3.05) is 12.5 Å². The third kappa shape index (κ3) is 2.80. The molecule has 0 saturated heterocycles. The molecule has 0 saturated carbocycles. The summed E-state index contributed by atoms with van der Waals surface area (Å²) in [6, 6.07) is 5.41. The minimum atomic E-state index is 0. The summed E-state index contributed by atoms with van der Waals surface area (Å²) in [7, 11) is 1.62. The zero-order valence-corrected chi connectivity index (χ0v) is 8.17. The van der Waals surface area contributed by atoms with Crippen molar-refractivity contribution in [2.24, 2.45) is 0 Å². The summed E-state index contributed by atoms with van der Waals surface area (Å²) in [6.07, 6.45) is 0. The van der Waals surface area contributed by atoms with Gasteiger partial charge in [0, 0.05) is 0 Å². The molecule has 0 heterocycles. The molecule has 0 amide bonds. The Kier molecular flexibility index (Phi) is 4.63. The number of nitrogens with zero attached hydrogens (tertiary/aromatic N) is 2. The first-order valence-electron chi connectivity index (χ1n) is 3.52. The summed E-state index contributed by atoms with van der Waals surface area (Å²) in [5.41, 5.74) is 4.15. The van der Waals surface area contributed by atoms with E-state index < -0.39 is 0 Å². The Morgan fingerprint density at radius 2 is 2.15 bits per heavy atom. The van der Waals surface area contributed by atoms with E-state index in [1.165, 1.54) is 0 Å². The van der Waals surface area contributed by atoms with Gasteiger partial charge >= 0.3 is 5.08 Å². The summed E-state index contributed by atoms with van der Waals surface area (Å²) in [6.45, 7) is 1.92. The van der Waals surface area contributed by atoms with Crippen molar-refractivity contribution in [3.8, 4) is 5.75 Å². The van der Waals surface area contributed by atoms with Gasteiger partial charge in [-0.1, -0.05) is 0 Å². The van der Waals surface area contributed by atoms with Gasteiger partial charge in [-0.3, -0.25) is 0 Å². The highest BCUT2D eigenvalue weighted by molar-refractivity contribution is 5.51. The average Bonchev–Trinajstić information content (AvgIpc) is 2.05. The minimum Gasteiger partial charge on any atom is -1.00 e. The molecule has 0 radical (unpaired) electrons. The Morgan fingerprint density at radius 1 is 1.46 bits per heavy atom. The fraction of sp³-hybridized carbons (Fsp3) is 0.250. The number of anilines is 1. The SMILES string of the molecule is COc1ccc(N[N+]#N)cc1C.[Cl-]. The number of aryl methyl sites for hydroxylation is 1. The molecular weight excluding hydrogens is 190 g/mol. The Morgan fingerprint density at radius 3 is 2.62 bits per heavy atom. The lowest BCUT2D eigenvalue weighted by atomic mass is 10.2. The molecule has 0 aromatic heterocycles. The van der Waals surface area contributed by atoms with Crippen molar-refractivity contribution in [2.45, 2.75) is 6.92 Å². The molecule has 70 valence electrons. The Hall–Kier alpha value is -1.47. The van der Waals surface area contributed by atoms with Crippen molar-refractivity contribution in [1.29, 1.82) is 5.39 Å². The number of diazo groups is 1. The lowest BCUT2D eigenvalue weighted by molar-refractivity contribution is -0.00000306. The van der Waals surface area contributed by atoms with Crippen molar-refractivity contribution < 1.29 is 17.1 Å². The van der Waals surface area contributed by atoms with Crippen LogP contribution in [0.5, 0.6) is 5.75 Å². The van der Waals surface area contributed by atoms with Crippen molar-refractivity contribution in [3.63, 3.8) is 0 Å². The highest BCUT2D eigenvalue weighted by atomic mass is 35.5. The number of benzene rings is 1. The van der Waals surface area contributed by atoms with Crippen LogP contribution in [0, 0.1) is 12.3 Å². The molecule has 1 aromatic rings. The van der Waals surface area contributed by atoms with E-state index in [4.69, 9.17) is 10.1 Å². The molecule has 0 aliphatic carbocycles. The van der Waals surface area contributed by atoms with Crippen LogP contribution in [0.3, 0.4) is 0 Å². The van der Waals surface area contributed by atoms with Crippen molar-refractivity contribution in [3.05, 3.63) is 28.8 Å². The summed E-state index contributed by atoms with van der Waals surface area (Å²) >= 11 is 0. The zero-order valence-electron chi connectivity index (χ0n) is 7.41. The third-order valence-corrected chi connectivity index (χ3v) is 1.57. The van der Waals surface area contributed by atoms with Gasteiger partial charge in [-0.05, 0) is 36.1 Å². The van der Waals surface area contributed by atoms with E-state index in [0.29, 0.717) is 0 Å². The normalized spacial score (nSPS) is 8.08. The van der Waals surface area contributed by atoms with Gasteiger partial charge < -0.3 is 17.1 Å². The maximum atomic E-state index is 8.22. The standard InChI is InChI=1S/C8H10N3O.ClH/c1-6-5-7(10-11-9)3-4-8(6)12-2;/h3-5,10H,1-2H3;1H/q+1;/p-1. The molecule has 0 unspecified atom stereocenters. The average molecular weight is 200 g/mol. The van der Waals surface area contributed by atoms with E-state index in [0.717, 1.165) is 17.0 Å². The maximum absolute atomic E-state index is 8.22. The van der Waals surface area contributed by atoms with E-state index in [9.17, 15) is 0 Å². The van der Waals surface area contributed by atoms with E-state index in [-0.39, 0.29) is 12.4 Å². The number of methoxy groups -OCH3 is 1. The smallest absolute Gasteiger partial charge is 0.308 e. The van der Waals surface area contributed by atoms with Crippen LogP contribution < -0.4 is 22.6 Å². The molecule has 1 rings (SSSR count). The van der Waals surface area contributed by atoms with Gasteiger partial charge in [0.2, 0.25) is 0 Å². The second kappa shape index (κ2) is 5.22. The Balaban J connectivity index is 0.00000144. The van der Waals surface area contributed by atoms with Crippen LogP contribution in [-0.2, 0) is 0 Å². The number of ether oxygens (including phenoxy) is 1. The van der Waals surface area contributed by atoms with E-state index in [1.54, 1.807) is 13.2 Å². The molecule has 0 fully saturated rings. The number of rotatable bonds is 2. The summed E-state index contributed by atoms with van der Waals surface area (Å²) in [5, 5.41) is 11.0. The molecule has 0 atom stereocenters. The first-order chi connectivity index (χ1) is 5.77. The number of halogens is 1. The third-order valence-electron chi connectivity index (χ3n) is 1.57. The van der Waals surface area contributed by atoms with E-state index in [1.807, 2.05) is 19.1 Å². The number of hydrogen-bond acceptors (Lipinski definition) is 3. The highest BCUT2D eigenvalue weighted by Gasteiger charge is 2.01. The topological polar surface area (TPSA) is 49.4 Å². The zero-order chi connectivity index (χ0) is 8.97. The lowest BCUT2D eigenvalue weighted by Crippen LogP contribution is -3.00. The number of nitrogens with one attached hydrogen (secondary N) is 1. The first kappa shape index (κ1) is 11.5. The Bertz CT molecular complexity index is 322. The predicted octanol–water partition coefficient (Wildman–Crippen LogP) is -0.812. The summed E-state index contributed by atoms with van der Waals surface area (Å²) in [4.78, 5) is 0. The van der Waals surface area contributed by atoms with Crippen molar-refractivity contribution in [1.82, 2.24) is 0 Å². The lowest BCUT2D eigenvalue weighted by Gasteiger charge is -2.02. The van der Waals surface area contributed by atoms with Crippen LogP contribution in [0.15, 0.2) is 18.2 Å². The molecule has 0 aliphatic rings. The molecule has 5 heteroatoms. The molecule has 1 N–H and O–H groups in total. The van der Waals surface area contributed by atoms with Crippen molar-refractivity contribution >= 4 is 5.69 Å². The molecule has 1 aromatic carbocycles. The molecular formula is C8H10ClN3O. The van der Waals surface area contributed by atoms with Crippen LogP contribution in [0.4, 0.5) is 5.69 Å². The maximum Gasteiger partial charge on any atom is 0.308 e. The second-order valence-electron chi connectivity index (χ2n) is 2.40. The van der Waals surface area contributed by atoms with Crippen LogP contribution in [-0.4, -0.2) is 7.11 Å². The van der Waals surface area contributed by atoms with Gasteiger partial charge in [0.05, 0.1) is 7.11 Å². The van der Waals surface area contributed by atoms with Gasteiger partial charge in [0.25, 0.3) is 5.39 Å². The monoisotopic (exact) mass is 199 g/mol. The molecule has 0 bridgehead atoms. The van der Waals surface area contributed by atoms with Gasteiger partial charge in [0.15, 0.2) is 0 Å². The Labute approximate surface area is 82.9 Å². The van der Waals surface area contributed by atoms with Gasteiger partial charge in [-0.15, -0.1) is 0 Å². The quantitative estimate of drug-likeness (QED) is 0.501. The van der Waals surface area contributed by atoms with E-state index in [2.05, 4.69) is 10.5 Å². The summed E-state index contributed by atoms with van der Waals surface area (Å²) < 4.78 is 5.06. The molecule has 13 heavy (non-hydrogen) atoms. The summed E-state index contributed by atoms with van der Waals surface area (Å²) in [5.74, 6) is 0.818. The van der Waals surface area contributed by atoms with Crippen LogP contribution in [0.25, 0.3) is 5.08 Å². The van der Waals surface area contributed by atoms with Gasteiger partial charge in [-0.2, -0.15) is 0 Å². The van der Waals surface area contributed by atoms with Crippen LogP contribution in [0.1, 0.15) is 5.56 Å². The fourth-order valence-electron chi connectivity index (χ4n) is 1.01. The van der Waals surface area contributed by atoms with Gasteiger partial charge in [0.1, 0.15) is 11.4 Å².